The van der Waals surface area contributed by atoms with Crippen molar-refractivity contribution in [1.29, 1.82) is 0 Å². The topological polar surface area (TPSA) is 26.1 Å². The van der Waals surface area contributed by atoms with E-state index in [1.165, 1.54) is 10.1 Å². The van der Waals surface area contributed by atoms with Crippen LogP contribution in [0.2, 0.25) is 0 Å². The van der Waals surface area contributed by atoms with Crippen LogP contribution in [-0.4, -0.2) is 14.0 Å². The first-order valence-electron chi connectivity index (χ1n) is 8.04. The van der Waals surface area contributed by atoms with Crippen molar-refractivity contribution < 1.29 is 8.68 Å². The van der Waals surface area contributed by atoms with Crippen LogP contribution < -0.4 is 4.57 Å². The lowest BCUT2D eigenvalue weighted by molar-refractivity contribution is -0.670. The third-order valence-electron chi connectivity index (χ3n) is 4.07. The molecular weight excluding hydrogens is 248 g/mol. The molecule has 0 bridgehead atoms. The van der Waals surface area contributed by atoms with Crippen LogP contribution in [0, 0.1) is 0 Å². The molecule has 4 heteroatoms. The molecule has 5 rings (SSSR count). The molecule has 1 aromatic carbocycles. The molecule has 0 saturated heterocycles. The first kappa shape index (κ1) is 7.85. The van der Waals surface area contributed by atoms with Gasteiger partial charge in [-0.15, -0.1) is 0 Å². The Balaban J connectivity index is 2.00. The maximum atomic E-state index is 7.90. The molecule has 4 heterocycles. The van der Waals surface area contributed by atoms with E-state index in [0.717, 1.165) is 23.4 Å². The fourth-order valence-corrected chi connectivity index (χ4v) is 3.21. The Kier molecular flexibility index (Phi) is 1.29. The molecule has 0 aliphatic carbocycles. The highest BCUT2D eigenvalue weighted by molar-refractivity contribution is 5.83. The summed E-state index contributed by atoms with van der Waals surface area (Å²) < 4.78 is 29.2. The summed E-state index contributed by atoms with van der Waals surface area (Å²) in [6.07, 6.45) is 5.23. The van der Waals surface area contributed by atoms with Gasteiger partial charge < -0.3 is 4.57 Å². The number of pyridine rings is 1. The number of fused-ring (bicyclic) bond motifs is 7. The lowest BCUT2D eigenvalue weighted by Crippen LogP contribution is -2.29. The van der Waals surface area contributed by atoms with Gasteiger partial charge in [-0.2, -0.15) is 4.40 Å². The summed E-state index contributed by atoms with van der Waals surface area (Å²) in [6.45, 7) is -1.49. The second-order valence-electron chi connectivity index (χ2n) is 5.13. The second-order valence-corrected chi connectivity index (χ2v) is 5.13. The fourth-order valence-electron chi connectivity index (χ4n) is 3.21. The van der Waals surface area contributed by atoms with Gasteiger partial charge >= 0.3 is 0 Å². The Morgan fingerprint density at radius 2 is 2.20 bits per heavy atom. The summed E-state index contributed by atoms with van der Waals surface area (Å²) in [5.41, 5.74) is 4.54. The molecule has 0 unspecified atom stereocenters. The van der Waals surface area contributed by atoms with Crippen LogP contribution in [0.5, 0.6) is 0 Å². The number of nitrogens with zero attached hydrogens (tertiary/aromatic N) is 4. The fraction of sp³-hybridized carbons (Fsp3) is 0.125. The van der Waals surface area contributed by atoms with Crippen molar-refractivity contribution in [2.24, 2.45) is 6.98 Å². The highest BCUT2D eigenvalue weighted by Crippen LogP contribution is 2.31. The summed E-state index contributed by atoms with van der Waals surface area (Å²) in [6, 6.07) is 10.1. The number of aryl methyl sites for hydroxylation is 1. The van der Waals surface area contributed by atoms with Crippen molar-refractivity contribution in [3.8, 4) is 11.4 Å². The van der Waals surface area contributed by atoms with E-state index < -0.39 is 6.98 Å². The zero-order chi connectivity index (χ0) is 15.8. The molecule has 0 radical (unpaired) electrons. The highest BCUT2D eigenvalue weighted by atomic mass is 15.2. The highest BCUT2D eigenvalue weighted by Gasteiger charge is 2.32. The third kappa shape index (κ3) is 1.04. The van der Waals surface area contributed by atoms with E-state index >= 15 is 0 Å². The van der Waals surface area contributed by atoms with E-state index in [1.807, 2.05) is 28.8 Å². The minimum absolute atomic E-state index is 0.621. The van der Waals surface area contributed by atoms with Crippen LogP contribution in [0.1, 0.15) is 9.68 Å². The minimum atomic E-state index is -2.25. The van der Waals surface area contributed by atoms with Crippen molar-refractivity contribution in [3.63, 3.8) is 0 Å². The number of imidazole rings is 2. The molecule has 4 nitrogen and oxygen atoms in total. The molecule has 0 saturated carbocycles. The molecule has 0 spiro atoms. The smallest absolute Gasteiger partial charge is 0.296 e. The van der Waals surface area contributed by atoms with Crippen LogP contribution in [0.4, 0.5) is 0 Å². The van der Waals surface area contributed by atoms with Gasteiger partial charge in [0.15, 0.2) is 11.7 Å². The number of rotatable bonds is 0. The molecule has 3 aromatic heterocycles. The first-order chi connectivity index (χ1) is 11.1. The van der Waals surface area contributed by atoms with Crippen LogP contribution in [0.15, 0.2) is 48.9 Å². The van der Waals surface area contributed by atoms with E-state index in [0.29, 0.717) is 11.2 Å². The van der Waals surface area contributed by atoms with Crippen LogP contribution in [0.3, 0.4) is 0 Å². The average Bonchev–Trinajstić information content (AvgIpc) is 3.11. The number of hydrogen-bond acceptors (Lipinski definition) is 1. The van der Waals surface area contributed by atoms with E-state index in [4.69, 9.17) is 4.11 Å². The van der Waals surface area contributed by atoms with Crippen LogP contribution in [-0.2, 0) is 13.5 Å². The van der Waals surface area contributed by atoms with Crippen molar-refractivity contribution in [1.82, 2.24) is 14.0 Å². The predicted molar refractivity (Wildman–Crippen MR) is 76.4 cm³/mol. The Labute approximate surface area is 119 Å². The lowest BCUT2D eigenvalue weighted by Gasteiger charge is -1.92. The number of benzene rings is 1. The standard InChI is InChI=1S/C16H13N4/c1-18-14-8-17-7-6-13(14)20-15(18)10-19-9-11-4-2-3-5-12(11)16(19)20/h2-8,10H,9H2,1H3/q+1/i1D3. The Bertz CT molecular complexity index is 1090. The Morgan fingerprint density at radius 1 is 1.25 bits per heavy atom. The van der Waals surface area contributed by atoms with Crippen LogP contribution in [0.25, 0.3) is 28.1 Å². The zero-order valence-electron chi connectivity index (χ0n) is 13.6. The number of hydrogen-bond donors (Lipinski definition) is 0. The summed E-state index contributed by atoms with van der Waals surface area (Å²) in [5.74, 6) is 1.02. The second kappa shape index (κ2) is 3.28. The molecule has 96 valence electrons. The van der Waals surface area contributed by atoms with Gasteiger partial charge in [0.25, 0.3) is 5.82 Å². The zero-order valence-corrected chi connectivity index (χ0v) is 10.6. The molecule has 0 atom stereocenters. The monoisotopic (exact) mass is 264 g/mol. The van der Waals surface area contributed by atoms with Gasteiger partial charge in [-0.25, -0.2) is 4.57 Å². The summed E-state index contributed by atoms with van der Waals surface area (Å²) >= 11 is 0. The Hall–Kier alpha value is -2.62. The van der Waals surface area contributed by atoms with E-state index in [-0.39, 0.29) is 0 Å². The molecule has 0 amide bonds. The van der Waals surface area contributed by atoms with Gasteiger partial charge in [0, 0.05) is 28.9 Å². The lowest BCUT2D eigenvalue weighted by atomic mass is 10.1. The molecule has 1 aliphatic rings. The molecular formula is C16H13N4+. The molecule has 1 aliphatic heterocycles. The molecule has 4 aromatic rings. The maximum absolute atomic E-state index is 7.90. The minimum Gasteiger partial charge on any atom is -0.303 e. The predicted octanol–water partition coefficient (Wildman–Crippen LogP) is 2.14. The van der Waals surface area contributed by atoms with E-state index in [1.54, 1.807) is 12.4 Å². The van der Waals surface area contributed by atoms with Crippen LogP contribution >= 0.6 is 0 Å². The van der Waals surface area contributed by atoms with Crippen molar-refractivity contribution in [3.05, 3.63) is 54.5 Å². The van der Waals surface area contributed by atoms with Crippen molar-refractivity contribution in [2.75, 3.05) is 0 Å². The first-order valence-corrected chi connectivity index (χ1v) is 6.54. The largest absolute Gasteiger partial charge is 0.303 e. The molecule has 0 fully saturated rings. The van der Waals surface area contributed by atoms with Gasteiger partial charge in [-0.1, -0.05) is 18.2 Å². The van der Waals surface area contributed by atoms with Gasteiger partial charge in [-0.3, -0.25) is 4.98 Å². The van der Waals surface area contributed by atoms with Gasteiger partial charge in [-0.05, 0) is 6.07 Å². The SMILES string of the molecule is [2H]C([2H])([2H])n1c2cnccc2n2c3[n+](cc12)Cc1ccccc1-3. The van der Waals surface area contributed by atoms with Gasteiger partial charge in [0.1, 0.15) is 12.1 Å². The quantitative estimate of drug-likeness (QED) is 0.394. The van der Waals surface area contributed by atoms with Gasteiger partial charge in [0.05, 0.1) is 11.8 Å². The van der Waals surface area contributed by atoms with E-state index in [9.17, 15) is 0 Å². The number of aromatic nitrogens is 4. The van der Waals surface area contributed by atoms with Crippen molar-refractivity contribution in [2.45, 2.75) is 6.54 Å². The third-order valence-corrected chi connectivity index (χ3v) is 4.07. The Morgan fingerprint density at radius 3 is 3.15 bits per heavy atom. The van der Waals surface area contributed by atoms with Gasteiger partial charge in [0.2, 0.25) is 5.65 Å². The normalized spacial score (nSPS) is 15.9. The summed E-state index contributed by atoms with van der Waals surface area (Å²) in [7, 11) is 0. The van der Waals surface area contributed by atoms with E-state index in [2.05, 4.69) is 21.7 Å². The molecule has 0 N–H and O–H groups in total. The average molecular weight is 264 g/mol. The summed E-state index contributed by atoms with van der Waals surface area (Å²) in [5, 5.41) is 0. The molecule has 20 heavy (non-hydrogen) atoms. The maximum Gasteiger partial charge on any atom is 0.296 e. The summed E-state index contributed by atoms with van der Waals surface area (Å²) in [4.78, 5) is 4.11. The van der Waals surface area contributed by atoms with Crippen molar-refractivity contribution >= 4 is 16.7 Å².